The lowest BCUT2D eigenvalue weighted by Gasteiger charge is -2.33. The fraction of sp³-hybridized carbons (Fsp3) is 0.391. The normalized spacial score (nSPS) is 15.9. The van der Waals surface area contributed by atoms with Crippen LogP contribution in [0.4, 0.5) is 39.5 Å². The SMILES string of the molecule is COc1ccc2c(c1)CCCC(c1cccc(S(C)(=O)=O)c1)=C2OS(=O)(=O)C(F)(F)C(F)(F)C(F)(F)C(F)(F)F. The number of sulfone groups is 1. The molecule has 0 aliphatic heterocycles. The molecule has 0 radical (unpaired) electrons. The molecule has 0 atom stereocenters. The van der Waals surface area contributed by atoms with E-state index in [0.717, 1.165) is 24.5 Å². The van der Waals surface area contributed by atoms with Crippen LogP contribution < -0.4 is 4.74 Å². The Balaban J connectivity index is 2.30. The fourth-order valence-corrected chi connectivity index (χ4v) is 5.45. The summed E-state index contributed by atoms with van der Waals surface area (Å²) in [5.41, 5.74) is -0.606. The lowest BCUT2D eigenvalue weighted by Crippen LogP contribution is -2.63. The van der Waals surface area contributed by atoms with Crippen LogP contribution in [0.15, 0.2) is 47.4 Å². The molecule has 0 unspecified atom stereocenters. The number of rotatable bonds is 8. The van der Waals surface area contributed by atoms with E-state index in [9.17, 15) is 56.3 Å². The Kier molecular flexibility index (Phi) is 8.01. The first kappa shape index (κ1) is 31.6. The summed E-state index contributed by atoms with van der Waals surface area (Å²) < 4.78 is 180. The molecule has 0 saturated carbocycles. The van der Waals surface area contributed by atoms with Gasteiger partial charge < -0.3 is 8.92 Å². The third kappa shape index (κ3) is 5.36. The van der Waals surface area contributed by atoms with Crippen LogP contribution in [-0.4, -0.2) is 53.5 Å². The van der Waals surface area contributed by atoms with Gasteiger partial charge in [-0.05, 0) is 60.7 Å². The van der Waals surface area contributed by atoms with Gasteiger partial charge in [-0.2, -0.15) is 47.9 Å². The molecule has 17 heteroatoms. The Morgan fingerprint density at radius 2 is 1.43 bits per heavy atom. The molecule has 0 N–H and O–H groups in total. The highest BCUT2D eigenvalue weighted by Gasteiger charge is 2.86. The standard InChI is InChI=1S/C23H19F9O6S2/c1-37-15-9-10-18-13(11-15)6-4-8-17(14-5-3-7-16(12-14)39(2,33)34)19(18)38-40(35,36)23(31,32)21(26,27)20(24,25)22(28,29)30/h3,5,7,9-12H,4,6,8H2,1-2H3. The molecule has 0 spiro atoms. The van der Waals surface area contributed by atoms with E-state index in [-0.39, 0.29) is 52.2 Å². The topological polar surface area (TPSA) is 86.7 Å². The van der Waals surface area contributed by atoms with Crippen LogP contribution in [0.25, 0.3) is 11.3 Å². The molecule has 0 fully saturated rings. The van der Waals surface area contributed by atoms with Crippen molar-refractivity contribution in [2.45, 2.75) is 47.4 Å². The Labute approximate surface area is 222 Å². The minimum Gasteiger partial charge on any atom is -0.497 e. The predicted molar refractivity (Wildman–Crippen MR) is 123 cm³/mol. The van der Waals surface area contributed by atoms with Crippen LogP contribution in [-0.2, 0) is 30.6 Å². The van der Waals surface area contributed by atoms with Gasteiger partial charge in [-0.1, -0.05) is 12.1 Å². The molecule has 1 aliphatic carbocycles. The van der Waals surface area contributed by atoms with Gasteiger partial charge in [0.25, 0.3) is 0 Å². The molecular weight excluding hydrogens is 607 g/mol. The van der Waals surface area contributed by atoms with Crippen molar-refractivity contribution in [2.24, 2.45) is 0 Å². The Hall–Kier alpha value is -2.95. The van der Waals surface area contributed by atoms with Gasteiger partial charge in [0.05, 0.1) is 12.0 Å². The summed E-state index contributed by atoms with van der Waals surface area (Å²) in [4.78, 5) is -0.319. The van der Waals surface area contributed by atoms with Crippen molar-refractivity contribution in [1.29, 1.82) is 0 Å². The van der Waals surface area contributed by atoms with Crippen molar-refractivity contribution < 1.29 is 65.3 Å². The average Bonchev–Trinajstić information content (AvgIpc) is 3.01. The van der Waals surface area contributed by atoms with E-state index in [1.165, 1.54) is 31.4 Å². The summed E-state index contributed by atoms with van der Waals surface area (Å²) in [6.07, 6.45) is -6.45. The van der Waals surface area contributed by atoms with E-state index in [0.29, 0.717) is 0 Å². The van der Waals surface area contributed by atoms with Crippen LogP contribution >= 0.6 is 0 Å². The third-order valence-corrected chi connectivity index (χ3v) is 8.32. The van der Waals surface area contributed by atoms with Gasteiger partial charge >= 0.3 is 33.4 Å². The maximum Gasteiger partial charge on any atom is 0.460 e. The molecule has 1 aliphatic rings. The summed E-state index contributed by atoms with van der Waals surface area (Å²) in [5.74, 6) is -15.9. The number of hydrogen-bond acceptors (Lipinski definition) is 6. The number of halogens is 9. The maximum absolute atomic E-state index is 14.5. The predicted octanol–water partition coefficient (Wildman–Crippen LogP) is 6.08. The number of methoxy groups -OCH3 is 1. The van der Waals surface area contributed by atoms with Crippen molar-refractivity contribution in [3.05, 3.63) is 59.2 Å². The number of aryl methyl sites for hydroxylation is 1. The lowest BCUT2D eigenvalue weighted by molar-refractivity contribution is -0.382. The number of alkyl halides is 9. The van der Waals surface area contributed by atoms with Crippen molar-refractivity contribution >= 4 is 31.3 Å². The number of hydrogen-bond donors (Lipinski definition) is 0. The molecule has 40 heavy (non-hydrogen) atoms. The Bertz CT molecular complexity index is 1550. The first-order valence-electron chi connectivity index (χ1n) is 10.9. The molecule has 2 aromatic carbocycles. The number of ether oxygens (including phenoxy) is 1. The molecule has 0 heterocycles. The summed E-state index contributed by atoms with van der Waals surface area (Å²) in [7, 11) is -9.91. The van der Waals surface area contributed by atoms with E-state index in [1.54, 1.807) is 0 Å². The van der Waals surface area contributed by atoms with E-state index < -0.39 is 49.0 Å². The molecule has 222 valence electrons. The molecular formula is C23H19F9O6S2. The average molecular weight is 627 g/mol. The van der Waals surface area contributed by atoms with Crippen molar-refractivity contribution in [1.82, 2.24) is 0 Å². The van der Waals surface area contributed by atoms with Crippen LogP contribution in [0.2, 0.25) is 0 Å². The van der Waals surface area contributed by atoms with Gasteiger partial charge in [0.15, 0.2) is 15.6 Å². The molecule has 0 saturated heterocycles. The van der Waals surface area contributed by atoms with E-state index >= 15 is 0 Å². The van der Waals surface area contributed by atoms with Gasteiger partial charge in [-0.3, -0.25) is 0 Å². The van der Waals surface area contributed by atoms with Crippen LogP contribution in [0.5, 0.6) is 5.75 Å². The van der Waals surface area contributed by atoms with Crippen molar-refractivity contribution in [2.75, 3.05) is 13.4 Å². The molecule has 0 bridgehead atoms. The molecule has 0 aromatic heterocycles. The first-order chi connectivity index (χ1) is 18.1. The van der Waals surface area contributed by atoms with E-state index in [2.05, 4.69) is 4.18 Å². The minimum absolute atomic E-state index is 0.0907. The molecule has 2 aromatic rings. The van der Waals surface area contributed by atoms with E-state index in [1.807, 2.05) is 0 Å². The van der Waals surface area contributed by atoms with Crippen LogP contribution in [0, 0.1) is 0 Å². The zero-order chi connectivity index (χ0) is 30.5. The number of fused-ring (bicyclic) bond motifs is 1. The second-order valence-corrected chi connectivity index (χ2v) is 12.3. The first-order valence-corrected chi connectivity index (χ1v) is 14.2. The Morgan fingerprint density at radius 1 is 0.800 bits per heavy atom. The van der Waals surface area contributed by atoms with Gasteiger partial charge in [0, 0.05) is 17.4 Å². The lowest BCUT2D eigenvalue weighted by atomic mass is 9.99. The minimum atomic E-state index is -7.50. The largest absolute Gasteiger partial charge is 0.497 e. The quantitative estimate of drug-likeness (QED) is 0.261. The number of benzene rings is 2. The summed E-state index contributed by atoms with van der Waals surface area (Å²) in [6, 6.07) is 8.11. The monoisotopic (exact) mass is 626 g/mol. The highest BCUT2D eigenvalue weighted by Crippen LogP contribution is 2.55. The van der Waals surface area contributed by atoms with Gasteiger partial charge in [-0.25, -0.2) is 8.42 Å². The van der Waals surface area contributed by atoms with Gasteiger partial charge in [-0.15, -0.1) is 0 Å². The van der Waals surface area contributed by atoms with Crippen LogP contribution in [0.1, 0.15) is 29.5 Å². The summed E-state index contributed by atoms with van der Waals surface area (Å²) >= 11 is 0. The fourth-order valence-electron chi connectivity index (χ4n) is 3.82. The highest BCUT2D eigenvalue weighted by atomic mass is 32.2. The summed E-state index contributed by atoms with van der Waals surface area (Å²) in [6.45, 7) is 0. The zero-order valence-corrected chi connectivity index (χ0v) is 22.0. The highest BCUT2D eigenvalue weighted by molar-refractivity contribution is 7.90. The van der Waals surface area contributed by atoms with Gasteiger partial charge in [0.1, 0.15) is 5.75 Å². The second kappa shape index (κ2) is 10.2. The molecule has 0 amide bonds. The van der Waals surface area contributed by atoms with Crippen molar-refractivity contribution in [3.8, 4) is 5.75 Å². The number of allylic oxidation sites excluding steroid dienone is 1. The maximum atomic E-state index is 14.5. The molecule has 3 rings (SSSR count). The zero-order valence-electron chi connectivity index (χ0n) is 20.3. The third-order valence-electron chi connectivity index (χ3n) is 5.94. The smallest absolute Gasteiger partial charge is 0.460 e. The Morgan fingerprint density at radius 3 is 1.98 bits per heavy atom. The van der Waals surface area contributed by atoms with Crippen molar-refractivity contribution in [3.63, 3.8) is 0 Å². The van der Waals surface area contributed by atoms with E-state index in [4.69, 9.17) is 4.74 Å². The van der Waals surface area contributed by atoms with Crippen LogP contribution in [0.3, 0.4) is 0 Å². The summed E-state index contributed by atoms with van der Waals surface area (Å²) in [5, 5.41) is -7.09. The van der Waals surface area contributed by atoms with Gasteiger partial charge in [0.2, 0.25) is 0 Å². The molecule has 6 nitrogen and oxygen atoms in total. The second-order valence-electron chi connectivity index (χ2n) is 8.69.